The van der Waals surface area contributed by atoms with Gasteiger partial charge in [0.2, 0.25) is 0 Å². The van der Waals surface area contributed by atoms with Gasteiger partial charge in [-0.2, -0.15) is 0 Å². The van der Waals surface area contributed by atoms with E-state index in [1.54, 1.807) is 4.57 Å². The van der Waals surface area contributed by atoms with E-state index in [2.05, 4.69) is 19.2 Å². The predicted molar refractivity (Wildman–Crippen MR) is 62.9 cm³/mol. The normalized spacial score (nSPS) is 10.9. The van der Waals surface area contributed by atoms with Crippen LogP contribution in [0, 0.1) is 5.92 Å². The number of nitrogens with zero attached hydrogens (tertiary/aromatic N) is 1. The molecule has 0 atom stereocenters. The van der Waals surface area contributed by atoms with E-state index in [0.29, 0.717) is 12.5 Å². The van der Waals surface area contributed by atoms with Gasteiger partial charge in [-0.15, -0.1) is 0 Å². The van der Waals surface area contributed by atoms with E-state index in [1.165, 1.54) is 0 Å². The molecule has 15 heavy (non-hydrogen) atoms. The lowest BCUT2D eigenvalue weighted by molar-refractivity contribution is 0.505. The molecule has 84 valence electrons. The van der Waals surface area contributed by atoms with Gasteiger partial charge in [0.15, 0.2) is 0 Å². The van der Waals surface area contributed by atoms with Crippen LogP contribution < -0.4 is 10.9 Å². The van der Waals surface area contributed by atoms with Crippen LogP contribution in [0.4, 0.5) is 0 Å². The van der Waals surface area contributed by atoms with Crippen LogP contribution in [0.15, 0.2) is 23.1 Å². The molecule has 0 aliphatic rings. The van der Waals surface area contributed by atoms with E-state index < -0.39 is 0 Å². The second-order valence-electron chi connectivity index (χ2n) is 4.24. The fraction of sp³-hybridized carbons (Fsp3) is 0.583. The Balaban J connectivity index is 2.80. The van der Waals surface area contributed by atoms with Gasteiger partial charge >= 0.3 is 0 Å². The third-order valence-electron chi connectivity index (χ3n) is 2.41. The van der Waals surface area contributed by atoms with Gasteiger partial charge in [-0.1, -0.05) is 19.9 Å². The highest BCUT2D eigenvalue weighted by Gasteiger charge is 2.02. The monoisotopic (exact) mass is 208 g/mol. The summed E-state index contributed by atoms with van der Waals surface area (Å²) in [6, 6.07) is 3.82. The van der Waals surface area contributed by atoms with Gasteiger partial charge in [0.05, 0.1) is 0 Å². The van der Waals surface area contributed by atoms with Gasteiger partial charge < -0.3 is 9.88 Å². The van der Waals surface area contributed by atoms with Crippen molar-refractivity contribution in [3.63, 3.8) is 0 Å². The first kappa shape index (κ1) is 12.0. The van der Waals surface area contributed by atoms with Crippen LogP contribution in [0.5, 0.6) is 0 Å². The van der Waals surface area contributed by atoms with Crippen molar-refractivity contribution in [1.29, 1.82) is 0 Å². The van der Waals surface area contributed by atoms with Crippen molar-refractivity contribution >= 4 is 0 Å². The molecule has 1 heterocycles. The maximum Gasteiger partial charge on any atom is 0.255 e. The Kier molecular flexibility index (Phi) is 4.56. The second-order valence-corrected chi connectivity index (χ2v) is 4.24. The van der Waals surface area contributed by atoms with E-state index >= 15 is 0 Å². The molecule has 3 heteroatoms. The molecule has 1 aromatic rings. The molecule has 3 nitrogen and oxygen atoms in total. The summed E-state index contributed by atoms with van der Waals surface area (Å²) in [6.07, 6.45) is 2.91. The van der Waals surface area contributed by atoms with Crippen molar-refractivity contribution in [2.45, 2.75) is 33.4 Å². The molecular formula is C12H20N2O. The molecule has 0 unspecified atom stereocenters. The maximum absolute atomic E-state index is 11.9. The van der Waals surface area contributed by atoms with E-state index in [1.807, 2.05) is 25.4 Å². The Hall–Kier alpha value is -1.09. The zero-order valence-corrected chi connectivity index (χ0v) is 9.79. The standard InChI is InChI=1S/C12H20N2O/c1-10(2)6-8-14-7-4-5-11(9-13-3)12(14)15/h4-5,7,10,13H,6,8-9H2,1-3H3. The molecule has 0 fully saturated rings. The molecule has 0 bridgehead atoms. The number of aromatic nitrogens is 1. The number of nitrogens with one attached hydrogen (secondary N) is 1. The third kappa shape index (κ3) is 3.51. The number of pyridine rings is 1. The van der Waals surface area contributed by atoms with E-state index in [9.17, 15) is 4.79 Å². The summed E-state index contributed by atoms with van der Waals surface area (Å²) in [5.41, 5.74) is 0.969. The summed E-state index contributed by atoms with van der Waals surface area (Å²) < 4.78 is 1.80. The molecule has 0 amide bonds. The van der Waals surface area contributed by atoms with Gasteiger partial charge in [0.1, 0.15) is 0 Å². The summed E-state index contributed by atoms with van der Waals surface area (Å²) in [6.45, 7) is 5.79. The molecule has 0 aliphatic heterocycles. The first-order valence-corrected chi connectivity index (χ1v) is 5.48. The van der Waals surface area contributed by atoms with Gasteiger partial charge in [0, 0.05) is 24.8 Å². The van der Waals surface area contributed by atoms with Crippen molar-refractivity contribution < 1.29 is 0 Å². The van der Waals surface area contributed by atoms with Gasteiger partial charge in [-0.25, -0.2) is 0 Å². The molecule has 0 aliphatic carbocycles. The first-order chi connectivity index (χ1) is 7.15. The lowest BCUT2D eigenvalue weighted by Crippen LogP contribution is -2.26. The van der Waals surface area contributed by atoms with Crippen molar-refractivity contribution in [2.75, 3.05) is 7.05 Å². The van der Waals surface area contributed by atoms with Crippen molar-refractivity contribution in [3.05, 3.63) is 34.2 Å². The van der Waals surface area contributed by atoms with E-state index in [-0.39, 0.29) is 5.56 Å². The molecule has 1 rings (SSSR count). The third-order valence-corrected chi connectivity index (χ3v) is 2.41. The summed E-state index contributed by atoms with van der Waals surface area (Å²) >= 11 is 0. The number of hydrogen-bond acceptors (Lipinski definition) is 2. The van der Waals surface area contributed by atoms with Gasteiger partial charge in [0.25, 0.3) is 5.56 Å². The lowest BCUT2D eigenvalue weighted by atomic mass is 10.1. The molecular weight excluding hydrogens is 188 g/mol. The second kappa shape index (κ2) is 5.71. The van der Waals surface area contributed by atoms with Crippen LogP contribution in [0.3, 0.4) is 0 Å². The Morgan fingerprint density at radius 1 is 1.47 bits per heavy atom. The van der Waals surface area contributed by atoms with Gasteiger partial charge in [-0.3, -0.25) is 4.79 Å². The van der Waals surface area contributed by atoms with Crippen LogP contribution in [0.1, 0.15) is 25.8 Å². The van der Waals surface area contributed by atoms with Crippen LogP contribution >= 0.6 is 0 Å². The Morgan fingerprint density at radius 2 is 2.20 bits per heavy atom. The van der Waals surface area contributed by atoms with Crippen LogP contribution in [-0.4, -0.2) is 11.6 Å². The zero-order chi connectivity index (χ0) is 11.3. The lowest BCUT2D eigenvalue weighted by Gasteiger charge is -2.09. The van der Waals surface area contributed by atoms with Crippen LogP contribution in [-0.2, 0) is 13.1 Å². The van der Waals surface area contributed by atoms with E-state index in [4.69, 9.17) is 0 Å². The summed E-state index contributed by atoms with van der Waals surface area (Å²) in [4.78, 5) is 11.9. The zero-order valence-electron chi connectivity index (χ0n) is 9.79. The fourth-order valence-electron chi connectivity index (χ4n) is 1.48. The highest BCUT2D eigenvalue weighted by atomic mass is 16.1. The molecule has 0 saturated carbocycles. The summed E-state index contributed by atoms with van der Waals surface area (Å²) in [7, 11) is 1.85. The number of rotatable bonds is 5. The SMILES string of the molecule is CNCc1cccn(CCC(C)C)c1=O. The minimum atomic E-state index is 0.132. The van der Waals surface area contributed by atoms with Crippen LogP contribution in [0.25, 0.3) is 0 Å². The smallest absolute Gasteiger partial charge is 0.255 e. The summed E-state index contributed by atoms with van der Waals surface area (Å²) in [5.74, 6) is 0.629. The average Bonchev–Trinajstić information content (AvgIpc) is 2.19. The molecule has 0 radical (unpaired) electrons. The maximum atomic E-state index is 11.9. The number of hydrogen-bond donors (Lipinski definition) is 1. The first-order valence-electron chi connectivity index (χ1n) is 5.48. The van der Waals surface area contributed by atoms with Crippen molar-refractivity contribution in [3.8, 4) is 0 Å². The van der Waals surface area contributed by atoms with Gasteiger partial charge in [-0.05, 0) is 25.5 Å². The molecule has 1 N–H and O–H groups in total. The van der Waals surface area contributed by atoms with Crippen molar-refractivity contribution in [2.24, 2.45) is 5.92 Å². The molecule has 0 aromatic carbocycles. The molecule has 0 saturated heterocycles. The minimum Gasteiger partial charge on any atom is -0.315 e. The van der Waals surface area contributed by atoms with Crippen molar-refractivity contribution in [1.82, 2.24) is 9.88 Å². The van der Waals surface area contributed by atoms with Crippen LogP contribution in [0.2, 0.25) is 0 Å². The quantitative estimate of drug-likeness (QED) is 0.797. The summed E-state index contributed by atoms with van der Waals surface area (Å²) in [5, 5.41) is 3.00. The molecule has 0 spiro atoms. The Labute approximate surface area is 91.1 Å². The predicted octanol–water partition coefficient (Wildman–Crippen LogP) is 1.61. The molecule has 1 aromatic heterocycles. The largest absolute Gasteiger partial charge is 0.315 e. The fourth-order valence-corrected chi connectivity index (χ4v) is 1.48. The van der Waals surface area contributed by atoms with E-state index in [0.717, 1.165) is 18.5 Å². The Bertz CT molecular complexity index is 355. The topological polar surface area (TPSA) is 34.0 Å². The Morgan fingerprint density at radius 3 is 2.80 bits per heavy atom. The number of aryl methyl sites for hydroxylation is 1. The highest BCUT2D eigenvalue weighted by molar-refractivity contribution is 5.09. The average molecular weight is 208 g/mol. The highest BCUT2D eigenvalue weighted by Crippen LogP contribution is 2.01. The minimum absolute atomic E-state index is 0.132.